The molecule has 1 rings (SSSR count). The molecule has 7 nitrogen and oxygen atoms in total. The fourth-order valence-corrected chi connectivity index (χ4v) is 2.30. The zero-order valence-electron chi connectivity index (χ0n) is 13.6. The molecule has 0 aromatic heterocycles. The molecule has 0 saturated heterocycles. The number of nitrogens with two attached hydrogens (primary N) is 1. The average molecular weight is 355 g/mol. The van der Waals surface area contributed by atoms with Gasteiger partial charge in [0.25, 0.3) is 5.91 Å². The number of nitrogens with one attached hydrogen (secondary N) is 3. The Morgan fingerprint density at radius 2 is 1.83 bits per heavy atom. The molecule has 0 saturated carbocycles. The van der Waals surface area contributed by atoms with Crippen LogP contribution in [-0.2, 0) is 4.79 Å². The monoisotopic (exact) mass is 354 g/mol. The summed E-state index contributed by atoms with van der Waals surface area (Å²) < 4.78 is 0. The van der Waals surface area contributed by atoms with Crippen LogP contribution in [0.2, 0.25) is 5.02 Å². The number of carbonyl (C=O) groups excluding carboxylic acids is 3. The molecule has 1 atom stereocenters. The first-order valence-corrected chi connectivity index (χ1v) is 8.20. The van der Waals surface area contributed by atoms with E-state index in [1.807, 2.05) is 6.92 Å². The molecule has 0 unspecified atom stereocenters. The van der Waals surface area contributed by atoms with Crippen molar-refractivity contribution in [2.24, 2.45) is 5.73 Å². The maximum atomic E-state index is 12.0. The van der Waals surface area contributed by atoms with Crippen LogP contribution in [0.1, 0.15) is 36.5 Å². The lowest BCUT2D eigenvalue weighted by molar-refractivity contribution is -0.123. The highest BCUT2D eigenvalue weighted by molar-refractivity contribution is 6.33. The molecule has 1 aromatic rings. The van der Waals surface area contributed by atoms with Gasteiger partial charge in [-0.3, -0.25) is 9.59 Å². The number of hydrogen-bond acceptors (Lipinski definition) is 3. The van der Waals surface area contributed by atoms with Crippen molar-refractivity contribution in [1.82, 2.24) is 16.0 Å². The van der Waals surface area contributed by atoms with E-state index in [1.54, 1.807) is 24.3 Å². The van der Waals surface area contributed by atoms with Gasteiger partial charge >= 0.3 is 6.03 Å². The summed E-state index contributed by atoms with van der Waals surface area (Å²) in [5, 5.41) is 8.11. The van der Waals surface area contributed by atoms with Gasteiger partial charge in [-0.05, 0) is 18.6 Å². The molecule has 0 spiro atoms. The maximum absolute atomic E-state index is 12.0. The molecule has 132 valence electrons. The first-order chi connectivity index (χ1) is 11.5. The number of unbranched alkanes of at least 4 members (excludes halogenated alkanes) is 1. The van der Waals surface area contributed by atoms with E-state index in [1.165, 1.54) is 0 Å². The summed E-state index contributed by atoms with van der Waals surface area (Å²) >= 11 is 5.94. The number of hydrogen-bond donors (Lipinski definition) is 4. The van der Waals surface area contributed by atoms with Gasteiger partial charge in [0.2, 0.25) is 5.91 Å². The van der Waals surface area contributed by atoms with Gasteiger partial charge in [0.15, 0.2) is 0 Å². The van der Waals surface area contributed by atoms with E-state index < -0.39 is 12.1 Å². The van der Waals surface area contributed by atoms with Crippen molar-refractivity contribution in [2.45, 2.75) is 32.2 Å². The Morgan fingerprint density at radius 1 is 1.17 bits per heavy atom. The number of halogens is 1. The van der Waals surface area contributed by atoms with Crippen LogP contribution < -0.4 is 21.7 Å². The van der Waals surface area contributed by atoms with Gasteiger partial charge in [0.1, 0.15) is 6.04 Å². The third-order valence-electron chi connectivity index (χ3n) is 3.31. The maximum Gasteiger partial charge on any atom is 0.312 e. The van der Waals surface area contributed by atoms with Crippen LogP contribution in [-0.4, -0.2) is 37.0 Å². The Kier molecular flexibility index (Phi) is 8.64. The lowest BCUT2D eigenvalue weighted by Crippen LogP contribution is -2.49. The molecule has 5 N–H and O–H groups in total. The Hall–Kier alpha value is -2.28. The van der Waals surface area contributed by atoms with E-state index in [0.717, 1.165) is 12.8 Å². The molecule has 0 aliphatic carbocycles. The molecule has 8 heteroatoms. The first-order valence-electron chi connectivity index (χ1n) is 7.82. The van der Waals surface area contributed by atoms with Crippen molar-refractivity contribution in [3.05, 3.63) is 34.9 Å². The van der Waals surface area contributed by atoms with Crippen LogP contribution in [0.3, 0.4) is 0 Å². The summed E-state index contributed by atoms with van der Waals surface area (Å²) in [6, 6.07) is 5.30. The number of carbonyl (C=O) groups is 3. The second-order valence-corrected chi connectivity index (χ2v) is 5.64. The van der Waals surface area contributed by atoms with Crippen molar-refractivity contribution in [2.75, 3.05) is 13.1 Å². The van der Waals surface area contributed by atoms with Gasteiger partial charge in [-0.1, -0.05) is 43.5 Å². The van der Waals surface area contributed by atoms with E-state index in [9.17, 15) is 14.4 Å². The van der Waals surface area contributed by atoms with Gasteiger partial charge in [-0.2, -0.15) is 0 Å². The van der Waals surface area contributed by atoms with Gasteiger partial charge in [0, 0.05) is 13.1 Å². The minimum absolute atomic E-state index is 0.234. The second-order valence-electron chi connectivity index (χ2n) is 5.23. The van der Waals surface area contributed by atoms with Crippen LogP contribution in [0.25, 0.3) is 0 Å². The smallest absolute Gasteiger partial charge is 0.312 e. The molecule has 0 aliphatic rings. The van der Waals surface area contributed by atoms with Gasteiger partial charge in [0.05, 0.1) is 10.6 Å². The van der Waals surface area contributed by atoms with Gasteiger partial charge < -0.3 is 21.7 Å². The van der Waals surface area contributed by atoms with Crippen molar-refractivity contribution in [3.63, 3.8) is 0 Å². The van der Waals surface area contributed by atoms with Gasteiger partial charge in [-0.25, -0.2) is 4.79 Å². The van der Waals surface area contributed by atoms with Crippen LogP contribution in [0.4, 0.5) is 4.79 Å². The third-order valence-corrected chi connectivity index (χ3v) is 3.64. The molecule has 0 bridgehead atoms. The van der Waals surface area contributed by atoms with Crippen molar-refractivity contribution >= 4 is 29.4 Å². The summed E-state index contributed by atoms with van der Waals surface area (Å²) in [5.41, 5.74) is 5.45. The lowest BCUT2D eigenvalue weighted by atomic mass is 10.1. The molecule has 0 aliphatic heterocycles. The third kappa shape index (κ3) is 6.87. The minimum atomic E-state index is -0.738. The molecular weight excluding hydrogens is 332 g/mol. The molecular formula is C16H23ClN4O3. The molecule has 24 heavy (non-hydrogen) atoms. The van der Waals surface area contributed by atoms with E-state index >= 15 is 0 Å². The highest BCUT2D eigenvalue weighted by Gasteiger charge is 2.18. The first kappa shape index (κ1) is 19.8. The quantitative estimate of drug-likeness (QED) is 0.503. The lowest BCUT2D eigenvalue weighted by Gasteiger charge is -2.17. The Balaban J connectivity index is 2.39. The van der Waals surface area contributed by atoms with Crippen molar-refractivity contribution in [3.8, 4) is 0 Å². The van der Waals surface area contributed by atoms with E-state index in [0.29, 0.717) is 17.0 Å². The molecule has 0 radical (unpaired) electrons. The number of urea groups is 1. The van der Waals surface area contributed by atoms with Crippen LogP contribution in [0, 0.1) is 0 Å². The molecule has 0 heterocycles. The SMILES string of the molecule is CCCC[C@@H](NC(N)=O)C(=O)NCCNC(=O)c1ccccc1Cl. The minimum Gasteiger partial charge on any atom is -0.353 e. The topological polar surface area (TPSA) is 113 Å². The van der Waals surface area contributed by atoms with E-state index in [4.69, 9.17) is 17.3 Å². The zero-order chi connectivity index (χ0) is 17.9. The highest BCUT2D eigenvalue weighted by atomic mass is 35.5. The summed E-state index contributed by atoms with van der Waals surface area (Å²) in [6.07, 6.45) is 2.21. The average Bonchev–Trinajstić information content (AvgIpc) is 2.55. The van der Waals surface area contributed by atoms with E-state index in [-0.39, 0.29) is 24.9 Å². The van der Waals surface area contributed by atoms with Crippen LogP contribution >= 0.6 is 11.6 Å². The Labute approximate surface area is 146 Å². The van der Waals surface area contributed by atoms with Crippen molar-refractivity contribution < 1.29 is 14.4 Å². The zero-order valence-corrected chi connectivity index (χ0v) is 14.4. The predicted octanol–water partition coefficient (Wildman–Crippen LogP) is 1.41. The van der Waals surface area contributed by atoms with Crippen molar-refractivity contribution in [1.29, 1.82) is 0 Å². The van der Waals surface area contributed by atoms with Gasteiger partial charge in [-0.15, -0.1) is 0 Å². The fraction of sp³-hybridized carbons (Fsp3) is 0.438. The molecule has 0 fully saturated rings. The second kappa shape index (κ2) is 10.5. The number of amides is 4. The largest absolute Gasteiger partial charge is 0.353 e. The number of benzene rings is 1. The standard InChI is InChI=1S/C16H23ClN4O3/c1-2-3-8-13(21-16(18)24)15(23)20-10-9-19-14(22)11-6-4-5-7-12(11)17/h4-7,13H,2-3,8-10H2,1H3,(H,19,22)(H,20,23)(H3,18,21,24)/t13-/m1/s1. The normalized spacial score (nSPS) is 11.4. The molecule has 4 amide bonds. The summed E-state index contributed by atoms with van der Waals surface area (Å²) in [5.74, 6) is -0.637. The van der Waals surface area contributed by atoms with Crippen LogP contribution in [0.5, 0.6) is 0 Å². The summed E-state index contributed by atoms with van der Waals surface area (Å²) in [7, 11) is 0. The summed E-state index contributed by atoms with van der Waals surface area (Å²) in [4.78, 5) is 34.9. The van der Waals surface area contributed by atoms with E-state index in [2.05, 4.69) is 16.0 Å². The summed E-state index contributed by atoms with van der Waals surface area (Å²) in [6.45, 7) is 2.47. The Bertz CT molecular complexity index is 580. The number of rotatable bonds is 9. The van der Waals surface area contributed by atoms with Crippen LogP contribution in [0.15, 0.2) is 24.3 Å². The highest BCUT2D eigenvalue weighted by Crippen LogP contribution is 2.14. The Morgan fingerprint density at radius 3 is 2.46 bits per heavy atom. The number of primary amides is 1. The predicted molar refractivity (Wildman–Crippen MR) is 92.8 cm³/mol. The fourth-order valence-electron chi connectivity index (χ4n) is 2.07. The molecule has 1 aromatic carbocycles.